The molecule has 4 rings (SSSR count). The maximum absolute atomic E-state index is 11.3. The van der Waals surface area contributed by atoms with Crippen molar-refractivity contribution in [1.29, 1.82) is 0 Å². The molecular formula is C24H48BN6O12. The minimum absolute atomic E-state index is 0.121. The van der Waals surface area contributed by atoms with E-state index < -0.39 is 116 Å². The van der Waals surface area contributed by atoms with E-state index in [2.05, 4.69) is 0 Å². The molecule has 0 spiro atoms. The molecule has 3 saturated heterocycles. The number of ether oxygens (including phenoxy) is 6. The predicted molar refractivity (Wildman–Crippen MR) is 148 cm³/mol. The van der Waals surface area contributed by atoms with Gasteiger partial charge in [0, 0.05) is 25.2 Å². The van der Waals surface area contributed by atoms with Gasteiger partial charge in [0.1, 0.15) is 68.3 Å². The molecule has 43 heavy (non-hydrogen) atoms. The Balaban J connectivity index is 1.51. The zero-order valence-corrected chi connectivity index (χ0v) is 24.0. The standard InChI is InChI=1S/C24H48BN6O12/c1-25-3-8-20(42-23-12(31)17(36)15(34)10(5-27)40-23)18(37)24(38-8)43-21-13(32)6(28)2-7(29)19(21)41-22-11(30)16(35)14(33)9(4-26)39-22/h6-24,32-37H,2-5,26-31H2,1H3/t6?,7?,8?,9?,10-,11?,12?,13?,14?,15?,16?,17?,18?,19?,20?,21?,22?,23+,24?/m0/s1. The molecule has 0 bridgehead atoms. The molecule has 0 amide bonds. The van der Waals surface area contributed by atoms with Crippen LogP contribution in [0.4, 0.5) is 0 Å². The molecule has 4 fully saturated rings. The minimum Gasteiger partial charge on any atom is -0.389 e. The molecule has 17 unspecified atom stereocenters. The fraction of sp³-hybridized carbons (Fsp3) is 1.00. The lowest BCUT2D eigenvalue weighted by Gasteiger charge is -2.47. The first-order valence-corrected chi connectivity index (χ1v) is 14.6. The van der Waals surface area contributed by atoms with E-state index in [1.54, 1.807) is 14.1 Å². The Hall–Kier alpha value is -0.655. The first kappa shape index (κ1) is 35.2. The number of rotatable bonds is 10. The van der Waals surface area contributed by atoms with Crippen molar-refractivity contribution < 1.29 is 59.1 Å². The summed E-state index contributed by atoms with van der Waals surface area (Å²) in [5.41, 5.74) is 36.0. The summed E-state index contributed by atoms with van der Waals surface area (Å²) in [6, 6.07) is -4.00. The van der Waals surface area contributed by atoms with Crippen molar-refractivity contribution in [2.75, 3.05) is 13.1 Å². The molecule has 1 radical (unpaired) electrons. The van der Waals surface area contributed by atoms with Crippen molar-refractivity contribution >= 4 is 7.28 Å². The summed E-state index contributed by atoms with van der Waals surface area (Å²) in [7, 11) is 1.78. The molecule has 19 heteroatoms. The Morgan fingerprint density at radius 1 is 0.581 bits per heavy atom. The van der Waals surface area contributed by atoms with E-state index >= 15 is 0 Å². The minimum atomic E-state index is -1.46. The number of aliphatic hydroxyl groups is 6. The topological polar surface area (TPSA) is 333 Å². The van der Waals surface area contributed by atoms with Crippen molar-refractivity contribution in [2.24, 2.45) is 34.4 Å². The van der Waals surface area contributed by atoms with Gasteiger partial charge in [0.15, 0.2) is 18.9 Å². The van der Waals surface area contributed by atoms with Crippen LogP contribution in [0.25, 0.3) is 0 Å². The monoisotopic (exact) mass is 623 g/mol. The van der Waals surface area contributed by atoms with Crippen LogP contribution in [0.2, 0.25) is 13.1 Å². The quantitative estimate of drug-likeness (QED) is 0.100. The van der Waals surface area contributed by atoms with E-state index in [0.717, 1.165) is 0 Å². The highest BCUT2D eigenvalue weighted by molar-refractivity contribution is 6.33. The van der Waals surface area contributed by atoms with Gasteiger partial charge in [-0.25, -0.2) is 0 Å². The average Bonchev–Trinajstić information content (AvgIpc) is 3.26. The molecular weight excluding hydrogens is 575 g/mol. The normalized spacial score (nSPS) is 52.7. The molecule has 3 heterocycles. The first-order valence-electron chi connectivity index (χ1n) is 14.6. The Morgan fingerprint density at radius 3 is 1.53 bits per heavy atom. The molecule has 19 atom stereocenters. The Kier molecular flexibility index (Phi) is 12.1. The van der Waals surface area contributed by atoms with Gasteiger partial charge in [-0.15, -0.1) is 0 Å². The molecule has 0 aromatic rings. The smallest absolute Gasteiger partial charge is 0.187 e. The number of hydrogen-bond donors (Lipinski definition) is 12. The lowest BCUT2D eigenvalue weighted by molar-refractivity contribution is -0.306. The molecule has 1 saturated carbocycles. The first-order chi connectivity index (χ1) is 20.3. The van der Waals surface area contributed by atoms with Gasteiger partial charge in [-0.1, -0.05) is 13.1 Å². The summed E-state index contributed by atoms with van der Waals surface area (Å²) in [6.45, 7) is 1.52. The summed E-state index contributed by atoms with van der Waals surface area (Å²) in [4.78, 5) is 0. The van der Waals surface area contributed by atoms with Gasteiger partial charge in [-0.2, -0.15) is 0 Å². The average molecular weight is 623 g/mol. The van der Waals surface area contributed by atoms with Gasteiger partial charge >= 0.3 is 0 Å². The van der Waals surface area contributed by atoms with E-state index in [1.807, 2.05) is 0 Å². The fourth-order valence-electron chi connectivity index (χ4n) is 6.02. The van der Waals surface area contributed by atoms with Crippen LogP contribution < -0.4 is 34.4 Å². The van der Waals surface area contributed by atoms with Crippen LogP contribution in [0.5, 0.6) is 0 Å². The molecule has 249 valence electrons. The number of aliphatic hydroxyl groups excluding tert-OH is 6. The molecule has 18 nitrogen and oxygen atoms in total. The fourth-order valence-corrected chi connectivity index (χ4v) is 6.02. The zero-order valence-electron chi connectivity index (χ0n) is 24.0. The van der Waals surface area contributed by atoms with Crippen LogP contribution in [0.3, 0.4) is 0 Å². The second-order valence-corrected chi connectivity index (χ2v) is 11.7. The van der Waals surface area contributed by atoms with Crippen molar-refractivity contribution in [3.05, 3.63) is 0 Å². The summed E-state index contributed by atoms with van der Waals surface area (Å²) in [6.07, 6.45) is -18.0. The van der Waals surface area contributed by atoms with Gasteiger partial charge in [-0.05, 0) is 6.42 Å². The predicted octanol–water partition coefficient (Wildman–Crippen LogP) is -7.72. The van der Waals surface area contributed by atoms with Crippen molar-refractivity contribution in [2.45, 2.75) is 136 Å². The second-order valence-electron chi connectivity index (χ2n) is 11.7. The van der Waals surface area contributed by atoms with Crippen LogP contribution in [0.15, 0.2) is 0 Å². The third-order valence-electron chi connectivity index (χ3n) is 8.66. The lowest BCUT2D eigenvalue weighted by Crippen LogP contribution is -2.68. The van der Waals surface area contributed by atoms with Gasteiger partial charge in [0.05, 0.1) is 24.3 Å². The van der Waals surface area contributed by atoms with Crippen molar-refractivity contribution in [3.8, 4) is 0 Å². The molecule has 3 aliphatic heterocycles. The van der Waals surface area contributed by atoms with Crippen LogP contribution >= 0.6 is 0 Å². The molecule has 4 aliphatic rings. The SMILES string of the molecule is C[B]CC1OC(OC2C(O)C(N)CC(N)C2OC2OC(CN)C(O)C(O)C2N)C(O)C1O[C@H]1O[C@@H](CN)C(O)C(O)C1N. The van der Waals surface area contributed by atoms with Crippen molar-refractivity contribution in [3.63, 3.8) is 0 Å². The third-order valence-corrected chi connectivity index (χ3v) is 8.66. The highest BCUT2D eigenvalue weighted by Gasteiger charge is 2.54. The zero-order chi connectivity index (χ0) is 31.7. The summed E-state index contributed by atoms with van der Waals surface area (Å²) in [5, 5.41) is 63.6. The van der Waals surface area contributed by atoms with Crippen LogP contribution in [-0.2, 0) is 28.4 Å². The highest BCUT2D eigenvalue weighted by Crippen LogP contribution is 2.35. The maximum Gasteiger partial charge on any atom is 0.187 e. The van der Waals surface area contributed by atoms with Crippen LogP contribution in [0, 0.1) is 0 Å². The van der Waals surface area contributed by atoms with E-state index in [9.17, 15) is 30.6 Å². The Morgan fingerprint density at radius 2 is 1.05 bits per heavy atom. The van der Waals surface area contributed by atoms with E-state index in [0.29, 0.717) is 6.32 Å². The van der Waals surface area contributed by atoms with Gasteiger partial charge < -0.3 is 93.5 Å². The van der Waals surface area contributed by atoms with Gasteiger partial charge in [0.25, 0.3) is 0 Å². The lowest BCUT2D eigenvalue weighted by atomic mass is 9.74. The molecule has 0 aromatic heterocycles. The van der Waals surface area contributed by atoms with Gasteiger partial charge in [0.2, 0.25) is 0 Å². The van der Waals surface area contributed by atoms with E-state index in [4.69, 9.17) is 62.8 Å². The maximum atomic E-state index is 11.3. The molecule has 18 N–H and O–H groups in total. The van der Waals surface area contributed by atoms with Crippen molar-refractivity contribution in [1.82, 2.24) is 0 Å². The summed E-state index contributed by atoms with van der Waals surface area (Å²) < 4.78 is 35.5. The second kappa shape index (κ2) is 14.8. The third kappa shape index (κ3) is 7.19. The molecule has 1 aliphatic carbocycles. The Labute approximate surface area is 250 Å². The number of nitrogens with two attached hydrogens (primary N) is 6. The van der Waals surface area contributed by atoms with E-state index in [-0.39, 0.29) is 19.5 Å². The van der Waals surface area contributed by atoms with E-state index in [1.165, 1.54) is 0 Å². The Bertz CT molecular complexity index is 889. The summed E-state index contributed by atoms with van der Waals surface area (Å²) >= 11 is 0. The summed E-state index contributed by atoms with van der Waals surface area (Å²) in [5.74, 6) is 0. The largest absolute Gasteiger partial charge is 0.389 e. The van der Waals surface area contributed by atoms with Crippen LogP contribution in [-0.4, -0.2) is 167 Å². The number of hydrogen-bond acceptors (Lipinski definition) is 18. The van der Waals surface area contributed by atoms with Gasteiger partial charge in [-0.3, -0.25) is 0 Å². The molecule has 0 aromatic carbocycles. The highest BCUT2D eigenvalue weighted by atomic mass is 16.8. The van der Waals surface area contributed by atoms with Crippen LogP contribution in [0.1, 0.15) is 6.42 Å².